The molecular weight excluding hydrogens is 552 g/mol. The van der Waals surface area contributed by atoms with Gasteiger partial charge in [-0.15, -0.1) is 0 Å². The summed E-state index contributed by atoms with van der Waals surface area (Å²) in [5.41, 5.74) is 23.1. The number of hydrogen-bond acceptors (Lipinski definition) is 4. The zero-order chi connectivity index (χ0) is 31.7. The van der Waals surface area contributed by atoms with Gasteiger partial charge in [-0.3, -0.25) is 0 Å². The lowest BCUT2D eigenvalue weighted by Crippen LogP contribution is -2.33. The Labute approximate surface area is 268 Å². The van der Waals surface area contributed by atoms with Gasteiger partial charge in [-0.05, 0) is 154 Å². The minimum absolute atomic E-state index is 0.110. The molecule has 0 radical (unpaired) electrons. The zero-order valence-electron chi connectivity index (χ0n) is 27.1. The van der Waals surface area contributed by atoms with Crippen LogP contribution in [0.3, 0.4) is 0 Å². The van der Waals surface area contributed by atoms with Crippen molar-refractivity contribution in [3.63, 3.8) is 0 Å². The molecule has 1 aliphatic rings. The molecule has 6 rings (SSSR count). The summed E-state index contributed by atoms with van der Waals surface area (Å²) in [7, 11) is 0. The Bertz CT molecular complexity index is 1740. The lowest BCUT2D eigenvalue weighted by molar-refractivity contribution is 0.314. The first-order valence-corrected chi connectivity index (χ1v) is 16.0. The number of benzene rings is 5. The zero-order valence-corrected chi connectivity index (χ0v) is 27.1. The van der Waals surface area contributed by atoms with Gasteiger partial charge in [-0.1, -0.05) is 54.1 Å². The third-order valence-corrected chi connectivity index (χ3v) is 9.65. The summed E-state index contributed by atoms with van der Waals surface area (Å²) in [6, 6.07) is 34.1. The third-order valence-electron chi connectivity index (χ3n) is 9.65. The third kappa shape index (κ3) is 6.28. The van der Waals surface area contributed by atoms with Crippen molar-refractivity contribution >= 4 is 11.4 Å². The maximum absolute atomic E-state index is 6.39. The van der Waals surface area contributed by atoms with Gasteiger partial charge >= 0.3 is 0 Å². The molecule has 4 N–H and O–H groups in total. The molecule has 0 amide bonds. The van der Waals surface area contributed by atoms with Crippen molar-refractivity contribution in [1.29, 1.82) is 0 Å². The van der Waals surface area contributed by atoms with E-state index in [0.717, 1.165) is 82.3 Å². The van der Waals surface area contributed by atoms with E-state index in [1.54, 1.807) is 0 Å². The Morgan fingerprint density at radius 3 is 1.40 bits per heavy atom. The highest BCUT2D eigenvalue weighted by molar-refractivity contribution is 5.53. The highest BCUT2D eigenvalue weighted by atomic mass is 16.5. The second-order valence-corrected chi connectivity index (χ2v) is 13.0. The molecule has 1 aliphatic carbocycles. The van der Waals surface area contributed by atoms with E-state index in [9.17, 15) is 0 Å². The minimum atomic E-state index is -0.110. The quantitative estimate of drug-likeness (QED) is 0.183. The van der Waals surface area contributed by atoms with E-state index in [4.69, 9.17) is 20.9 Å². The molecule has 0 atom stereocenters. The van der Waals surface area contributed by atoms with Crippen molar-refractivity contribution in [2.24, 2.45) is 0 Å². The first-order chi connectivity index (χ1) is 21.6. The molecule has 0 spiro atoms. The fraction of sp³-hybridized carbons (Fsp3) is 0.268. The van der Waals surface area contributed by atoms with Gasteiger partial charge in [0.05, 0.1) is 0 Å². The standard InChI is InChI=1S/C41H44N2O2/c1-26-7-6-8-32(21-26)31-17-19-41(20-18-31,33-9-13-37(27(2)22-33)44-39-15-11-35(42)24-29(39)4)34-10-14-38(28(3)23-34)45-40-16-12-36(43)25-30(40)5/h6-16,21-25,31H,17-20,42-43H2,1-5H3. The van der Waals surface area contributed by atoms with Gasteiger partial charge in [0, 0.05) is 16.8 Å². The van der Waals surface area contributed by atoms with Crippen molar-refractivity contribution in [3.8, 4) is 23.0 Å². The molecule has 0 bridgehead atoms. The molecular formula is C41H44N2O2. The Morgan fingerprint density at radius 2 is 0.978 bits per heavy atom. The van der Waals surface area contributed by atoms with E-state index >= 15 is 0 Å². The van der Waals surface area contributed by atoms with Crippen LogP contribution in [-0.2, 0) is 5.41 Å². The number of ether oxygens (including phenoxy) is 2. The lowest BCUT2D eigenvalue weighted by atomic mass is 9.62. The summed E-state index contributed by atoms with van der Waals surface area (Å²) >= 11 is 0. The minimum Gasteiger partial charge on any atom is -0.457 e. The molecule has 0 aliphatic heterocycles. The van der Waals surface area contributed by atoms with Crippen LogP contribution in [0.4, 0.5) is 11.4 Å². The Balaban J connectivity index is 1.35. The summed E-state index contributed by atoms with van der Waals surface area (Å²) in [5.74, 6) is 3.96. The van der Waals surface area contributed by atoms with Gasteiger partial charge in [-0.25, -0.2) is 0 Å². The molecule has 45 heavy (non-hydrogen) atoms. The maximum atomic E-state index is 6.39. The van der Waals surface area contributed by atoms with Crippen LogP contribution < -0.4 is 20.9 Å². The summed E-state index contributed by atoms with van der Waals surface area (Å²) in [6.07, 6.45) is 4.40. The van der Waals surface area contributed by atoms with Crippen LogP contribution in [0.1, 0.15) is 76.1 Å². The fourth-order valence-electron chi connectivity index (χ4n) is 7.05. The smallest absolute Gasteiger partial charge is 0.130 e. The normalized spacial score (nSPS) is 14.7. The number of hydrogen-bond donors (Lipinski definition) is 2. The molecule has 4 heteroatoms. The van der Waals surface area contributed by atoms with Gasteiger partial charge < -0.3 is 20.9 Å². The monoisotopic (exact) mass is 596 g/mol. The highest BCUT2D eigenvalue weighted by Gasteiger charge is 2.39. The number of aryl methyl sites for hydroxylation is 5. The maximum Gasteiger partial charge on any atom is 0.130 e. The Kier molecular flexibility index (Phi) is 8.33. The van der Waals surface area contributed by atoms with E-state index in [2.05, 4.69) is 81.4 Å². The van der Waals surface area contributed by atoms with Gasteiger partial charge in [-0.2, -0.15) is 0 Å². The van der Waals surface area contributed by atoms with Crippen LogP contribution in [0.2, 0.25) is 0 Å². The van der Waals surface area contributed by atoms with Crippen LogP contribution in [0.5, 0.6) is 23.0 Å². The fourth-order valence-corrected chi connectivity index (χ4v) is 7.05. The van der Waals surface area contributed by atoms with Crippen LogP contribution in [0, 0.1) is 34.6 Å². The molecule has 0 unspecified atom stereocenters. The van der Waals surface area contributed by atoms with E-state index in [1.807, 2.05) is 50.2 Å². The topological polar surface area (TPSA) is 70.5 Å². The molecule has 4 nitrogen and oxygen atoms in total. The van der Waals surface area contributed by atoms with Crippen LogP contribution in [-0.4, -0.2) is 0 Å². The van der Waals surface area contributed by atoms with E-state index in [-0.39, 0.29) is 5.41 Å². The molecule has 0 heterocycles. The van der Waals surface area contributed by atoms with Gasteiger partial charge in [0.2, 0.25) is 0 Å². The van der Waals surface area contributed by atoms with E-state index in [1.165, 1.54) is 22.3 Å². The van der Waals surface area contributed by atoms with Crippen molar-refractivity contribution in [2.75, 3.05) is 11.5 Å². The molecule has 5 aromatic rings. The van der Waals surface area contributed by atoms with Gasteiger partial charge in [0.25, 0.3) is 0 Å². The molecule has 5 aromatic carbocycles. The Morgan fingerprint density at radius 1 is 0.533 bits per heavy atom. The number of nitrogen functional groups attached to an aromatic ring is 2. The van der Waals surface area contributed by atoms with E-state index in [0.29, 0.717) is 5.92 Å². The molecule has 1 fully saturated rings. The first kappa shape index (κ1) is 30.3. The molecule has 0 aromatic heterocycles. The molecule has 230 valence electrons. The summed E-state index contributed by atoms with van der Waals surface area (Å²) in [6.45, 7) is 10.5. The van der Waals surface area contributed by atoms with Crippen molar-refractivity contribution in [1.82, 2.24) is 0 Å². The summed E-state index contributed by atoms with van der Waals surface area (Å²) in [4.78, 5) is 0. The number of anilines is 2. The lowest BCUT2D eigenvalue weighted by Gasteiger charge is -2.42. The van der Waals surface area contributed by atoms with E-state index < -0.39 is 0 Å². The SMILES string of the molecule is Cc1cccc(C2CCC(c3ccc(Oc4ccc(N)cc4C)c(C)c3)(c3ccc(Oc4ccc(N)cc4C)c(C)c3)CC2)c1. The molecule has 1 saturated carbocycles. The van der Waals surface area contributed by atoms with Crippen molar-refractivity contribution in [2.45, 2.75) is 71.6 Å². The second kappa shape index (κ2) is 12.4. The largest absolute Gasteiger partial charge is 0.457 e. The summed E-state index contributed by atoms with van der Waals surface area (Å²) in [5, 5.41) is 0. The highest BCUT2D eigenvalue weighted by Crippen LogP contribution is 2.50. The van der Waals surface area contributed by atoms with Crippen molar-refractivity contribution < 1.29 is 9.47 Å². The average Bonchev–Trinajstić information content (AvgIpc) is 3.01. The predicted octanol–water partition coefficient (Wildman–Crippen LogP) is 10.6. The predicted molar refractivity (Wildman–Crippen MR) is 187 cm³/mol. The van der Waals surface area contributed by atoms with Crippen LogP contribution >= 0.6 is 0 Å². The number of rotatable bonds is 7. The van der Waals surface area contributed by atoms with Crippen LogP contribution in [0.25, 0.3) is 0 Å². The Hall–Kier alpha value is -4.70. The summed E-state index contributed by atoms with van der Waals surface area (Å²) < 4.78 is 12.8. The molecule has 0 saturated heterocycles. The van der Waals surface area contributed by atoms with Gasteiger partial charge in [0.15, 0.2) is 0 Å². The van der Waals surface area contributed by atoms with Crippen LogP contribution in [0.15, 0.2) is 97.1 Å². The first-order valence-electron chi connectivity index (χ1n) is 16.0. The average molecular weight is 597 g/mol. The second-order valence-electron chi connectivity index (χ2n) is 13.0. The van der Waals surface area contributed by atoms with Gasteiger partial charge in [0.1, 0.15) is 23.0 Å². The number of nitrogens with two attached hydrogens (primary N) is 2. The van der Waals surface area contributed by atoms with Crippen molar-refractivity contribution in [3.05, 3.63) is 142 Å².